The Labute approximate surface area is 214 Å². The molecule has 4 aromatic rings. The van der Waals surface area contributed by atoms with E-state index in [1.165, 1.54) is 24.3 Å². The maximum absolute atomic E-state index is 13.5. The normalized spacial score (nSPS) is 17.8. The van der Waals surface area contributed by atoms with Crippen LogP contribution in [0.25, 0.3) is 0 Å². The van der Waals surface area contributed by atoms with Crippen molar-refractivity contribution in [3.8, 4) is 5.75 Å². The fraction of sp³-hybridized carbons (Fsp3) is 0.194. The lowest BCUT2D eigenvalue weighted by Crippen LogP contribution is -2.55. The monoisotopic (exact) mass is 499 g/mol. The van der Waals surface area contributed by atoms with Crippen LogP contribution in [0, 0.1) is 17.6 Å². The summed E-state index contributed by atoms with van der Waals surface area (Å²) >= 11 is 0. The van der Waals surface area contributed by atoms with Gasteiger partial charge >= 0.3 is 0 Å². The minimum Gasteiger partial charge on any atom is -0.489 e. The van der Waals surface area contributed by atoms with E-state index in [9.17, 15) is 18.7 Å². The van der Waals surface area contributed by atoms with Gasteiger partial charge in [-0.15, -0.1) is 0 Å². The Bertz CT molecular complexity index is 1330. The third kappa shape index (κ3) is 5.54. The highest BCUT2D eigenvalue weighted by atomic mass is 19.1. The molecule has 1 aliphatic rings. The number of ether oxygens (including phenoxy) is 1. The summed E-state index contributed by atoms with van der Waals surface area (Å²) in [5.74, 6) is -0.443. The van der Waals surface area contributed by atoms with Gasteiger partial charge in [0.15, 0.2) is 0 Å². The number of benzene rings is 4. The van der Waals surface area contributed by atoms with Crippen molar-refractivity contribution in [2.45, 2.75) is 31.6 Å². The highest BCUT2D eigenvalue weighted by Crippen LogP contribution is 2.46. The Morgan fingerprint density at radius 1 is 0.811 bits per heavy atom. The second-order valence-corrected chi connectivity index (χ2v) is 9.22. The lowest BCUT2D eigenvalue weighted by molar-refractivity contribution is -0.131. The van der Waals surface area contributed by atoms with E-state index in [1.807, 2.05) is 54.6 Å². The number of carbonyl (C=O) groups excluding carboxylic acids is 1. The molecule has 0 radical (unpaired) electrons. The van der Waals surface area contributed by atoms with Gasteiger partial charge in [0.25, 0.3) is 0 Å². The van der Waals surface area contributed by atoms with Crippen molar-refractivity contribution in [2.24, 2.45) is 5.92 Å². The zero-order valence-corrected chi connectivity index (χ0v) is 20.1. The Kier molecular flexibility index (Phi) is 7.28. The molecule has 0 saturated carbocycles. The van der Waals surface area contributed by atoms with Crippen molar-refractivity contribution in [1.29, 1.82) is 0 Å². The second-order valence-electron chi connectivity index (χ2n) is 9.22. The van der Waals surface area contributed by atoms with Crippen LogP contribution in [-0.2, 0) is 11.4 Å². The van der Waals surface area contributed by atoms with Crippen molar-refractivity contribution >= 4 is 11.6 Å². The summed E-state index contributed by atoms with van der Waals surface area (Å²) in [6.07, 6.45) is 0.00255. The highest BCUT2D eigenvalue weighted by Gasteiger charge is 2.48. The molecule has 1 amide bonds. The number of halogens is 2. The second kappa shape index (κ2) is 10.9. The molecule has 1 aliphatic heterocycles. The van der Waals surface area contributed by atoms with Crippen LogP contribution in [0.15, 0.2) is 103 Å². The molecule has 37 heavy (non-hydrogen) atoms. The molecule has 0 unspecified atom stereocenters. The number of hydrogen-bond acceptors (Lipinski definition) is 3. The van der Waals surface area contributed by atoms with Gasteiger partial charge < -0.3 is 14.7 Å². The fourth-order valence-corrected chi connectivity index (χ4v) is 4.79. The van der Waals surface area contributed by atoms with Crippen LogP contribution in [0.5, 0.6) is 5.75 Å². The van der Waals surface area contributed by atoms with Crippen LogP contribution in [0.1, 0.15) is 41.7 Å². The maximum atomic E-state index is 13.5. The molecular weight excluding hydrogens is 472 g/mol. The standard InChI is InChI=1S/C31H27F2NO3/c32-24-10-6-22(7-11-24)29(35)19-18-28-30(34(31(28)36)26-14-12-25(33)13-15-26)23-8-16-27(17-9-23)37-20-21-4-2-1-3-5-21/h1-17,28-30,35H,18-20H2/t28-,29+,30+/m1/s1. The smallest absolute Gasteiger partial charge is 0.233 e. The van der Waals surface area contributed by atoms with E-state index in [-0.39, 0.29) is 29.5 Å². The van der Waals surface area contributed by atoms with E-state index in [0.29, 0.717) is 30.7 Å². The van der Waals surface area contributed by atoms with Crippen LogP contribution in [-0.4, -0.2) is 11.0 Å². The Morgan fingerprint density at radius 3 is 2.08 bits per heavy atom. The minimum absolute atomic E-state index is 0.0766. The van der Waals surface area contributed by atoms with E-state index in [1.54, 1.807) is 29.2 Å². The largest absolute Gasteiger partial charge is 0.489 e. The number of nitrogens with zero attached hydrogens (tertiary/aromatic N) is 1. The summed E-state index contributed by atoms with van der Waals surface area (Å²) in [6.45, 7) is 0.452. The molecule has 6 heteroatoms. The van der Waals surface area contributed by atoms with Crippen molar-refractivity contribution in [1.82, 2.24) is 0 Å². The first-order chi connectivity index (χ1) is 18.0. The molecular formula is C31H27F2NO3. The first kappa shape index (κ1) is 24.7. The average Bonchev–Trinajstić information content (AvgIpc) is 2.93. The molecule has 1 fully saturated rings. The lowest BCUT2D eigenvalue weighted by atomic mass is 9.78. The summed E-state index contributed by atoms with van der Waals surface area (Å²) in [4.78, 5) is 14.9. The summed E-state index contributed by atoms with van der Waals surface area (Å²) in [5, 5.41) is 10.6. The summed E-state index contributed by atoms with van der Waals surface area (Å²) < 4.78 is 32.7. The first-order valence-electron chi connectivity index (χ1n) is 12.3. The van der Waals surface area contributed by atoms with E-state index >= 15 is 0 Å². The van der Waals surface area contributed by atoms with Crippen molar-refractivity contribution < 1.29 is 23.4 Å². The van der Waals surface area contributed by atoms with Gasteiger partial charge in [0, 0.05) is 5.69 Å². The average molecular weight is 500 g/mol. The molecule has 0 bridgehead atoms. The molecule has 1 heterocycles. The van der Waals surface area contributed by atoms with Gasteiger partial charge in [-0.3, -0.25) is 4.79 Å². The quantitative estimate of drug-likeness (QED) is 0.259. The molecule has 3 atom stereocenters. The van der Waals surface area contributed by atoms with Crippen LogP contribution < -0.4 is 9.64 Å². The van der Waals surface area contributed by atoms with Gasteiger partial charge in [-0.2, -0.15) is 0 Å². The number of carbonyl (C=O) groups is 1. The maximum Gasteiger partial charge on any atom is 0.233 e. The zero-order valence-electron chi connectivity index (χ0n) is 20.1. The molecule has 5 rings (SSSR count). The summed E-state index contributed by atoms with van der Waals surface area (Å²) in [5.41, 5.74) is 3.23. The van der Waals surface area contributed by atoms with Gasteiger partial charge in [0.1, 0.15) is 24.0 Å². The van der Waals surface area contributed by atoms with E-state index in [2.05, 4.69) is 0 Å². The minimum atomic E-state index is -0.803. The molecule has 0 spiro atoms. The van der Waals surface area contributed by atoms with Gasteiger partial charge in [-0.1, -0.05) is 54.6 Å². The van der Waals surface area contributed by atoms with Crippen molar-refractivity contribution in [3.05, 3.63) is 131 Å². The lowest BCUT2D eigenvalue weighted by Gasteiger charge is -2.48. The van der Waals surface area contributed by atoms with E-state index < -0.39 is 6.10 Å². The zero-order chi connectivity index (χ0) is 25.8. The number of β-lactam (4-membered cyclic amide) rings is 1. The number of amides is 1. The number of rotatable bonds is 9. The highest BCUT2D eigenvalue weighted by molar-refractivity contribution is 6.03. The molecule has 1 N–H and O–H groups in total. The third-order valence-corrected chi connectivity index (χ3v) is 6.79. The van der Waals surface area contributed by atoms with Crippen LogP contribution >= 0.6 is 0 Å². The molecule has 0 aliphatic carbocycles. The van der Waals surface area contributed by atoms with E-state index in [4.69, 9.17) is 4.74 Å². The fourth-order valence-electron chi connectivity index (χ4n) is 4.79. The predicted molar refractivity (Wildman–Crippen MR) is 138 cm³/mol. The van der Waals surface area contributed by atoms with Crippen LogP contribution in [0.2, 0.25) is 0 Å². The Hall–Kier alpha value is -4.03. The number of anilines is 1. The number of aliphatic hydroxyl groups excluding tert-OH is 1. The molecule has 188 valence electrons. The first-order valence-corrected chi connectivity index (χ1v) is 12.3. The molecule has 4 aromatic carbocycles. The number of hydrogen-bond donors (Lipinski definition) is 1. The summed E-state index contributed by atoms with van der Waals surface area (Å²) in [7, 11) is 0. The van der Waals surface area contributed by atoms with Gasteiger partial charge in [0.2, 0.25) is 5.91 Å². The SMILES string of the molecule is O=C1[C@H](CC[C@H](O)c2ccc(F)cc2)[C@H](c2ccc(OCc3ccccc3)cc2)N1c1ccc(F)cc1. The van der Waals surface area contributed by atoms with Crippen molar-refractivity contribution in [2.75, 3.05) is 4.90 Å². The van der Waals surface area contributed by atoms with Crippen LogP contribution in [0.3, 0.4) is 0 Å². The molecule has 1 saturated heterocycles. The van der Waals surface area contributed by atoms with Gasteiger partial charge in [0.05, 0.1) is 18.1 Å². The van der Waals surface area contributed by atoms with Crippen LogP contribution in [0.4, 0.5) is 14.5 Å². The Morgan fingerprint density at radius 2 is 1.43 bits per heavy atom. The van der Waals surface area contributed by atoms with Gasteiger partial charge in [-0.05, 0) is 78.1 Å². The molecule has 4 nitrogen and oxygen atoms in total. The summed E-state index contributed by atoms with van der Waals surface area (Å²) in [6, 6.07) is 28.9. The van der Waals surface area contributed by atoms with E-state index in [0.717, 1.165) is 16.9 Å². The topological polar surface area (TPSA) is 49.8 Å². The predicted octanol–water partition coefficient (Wildman–Crippen LogP) is 6.76. The van der Waals surface area contributed by atoms with Gasteiger partial charge in [-0.25, -0.2) is 8.78 Å². The number of aliphatic hydroxyl groups is 1. The van der Waals surface area contributed by atoms with Crippen molar-refractivity contribution in [3.63, 3.8) is 0 Å². The third-order valence-electron chi connectivity index (χ3n) is 6.79. The Balaban J connectivity index is 1.32. The molecule has 0 aromatic heterocycles.